The van der Waals surface area contributed by atoms with Crippen molar-refractivity contribution < 1.29 is 23.9 Å². The highest BCUT2D eigenvalue weighted by Crippen LogP contribution is 2.22. The lowest BCUT2D eigenvalue weighted by atomic mass is 10.1. The second-order valence-electron chi connectivity index (χ2n) is 6.55. The monoisotopic (exact) mass is 387 g/mol. The number of anilines is 1. The molecule has 1 fully saturated rings. The zero-order valence-corrected chi connectivity index (χ0v) is 15.5. The van der Waals surface area contributed by atoms with Crippen LogP contribution in [0.3, 0.4) is 0 Å². The van der Waals surface area contributed by atoms with Gasteiger partial charge in [-0.1, -0.05) is 23.8 Å². The fraction of sp³-hybridized carbons (Fsp3) is 0.300. The molecule has 28 heavy (non-hydrogen) atoms. The third-order valence-corrected chi connectivity index (χ3v) is 4.60. The van der Waals surface area contributed by atoms with Crippen LogP contribution in [0.2, 0.25) is 0 Å². The number of hydroxylamine groups is 1. The molecule has 0 aliphatic carbocycles. The summed E-state index contributed by atoms with van der Waals surface area (Å²) in [5.74, 6) is -1.43. The lowest BCUT2D eigenvalue weighted by molar-refractivity contribution is 0.0548. The van der Waals surface area contributed by atoms with Crippen LogP contribution >= 0.6 is 0 Å². The molecule has 1 heterocycles. The number of hydrogen-bond acceptors (Lipinski definition) is 4. The van der Waals surface area contributed by atoms with Crippen LogP contribution in [0.4, 0.5) is 14.9 Å². The summed E-state index contributed by atoms with van der Waals surface area (Å²) in [4.78, 5) is 27.7. The minimum atomic E-state index is -0.801. The number of benzene rings is 2. The summed E-state index contributed by atoms with van der Waals surface area (Å²) >= 11 is 0. The van der Waals surface area contributed by atoms with Crippen LogP contribution in [0.5, 0.6) is 0 Å². The van der Waals surface area contributed by atoms with Crippen LogP contribution < -0.4 is 10.4 Å². The van der Waals surface area contributed by atoms with E-state index >= 15 is 0 Å². The molecule has 1 aliphatic rings. The first-order chi connectivity index (χ1) is 13.5. The molecule has 0 radical (unpaired) electrons. The Balaban J connectivity index is 1.89. The van der Waals surface area contributed by atoms with Gasteiger partial charge in [0.1, 0.15) is 5.82 Å². The summed E-state index contributed by atoms with van der Waals surface area (Å²) in [5, 5.41) is 8.69. The van der Waals surface area contributed by atoms with Gasteiger partial charge in [-0.25, -0.2) is 14.7 Å². The first kappa shape index (κ1) is 19.8. The predicted molar refractivity (Wildman–Crippen MR) is 101 cm³/mol. The minimum absolute atomic E-state index is 0.00606. The summed E-state index contributed by atoms with van der Waals surface area (Å²) in [6.07, 6.45) is 0. The van der Waals surface area contributed by atoms with Gasteiger partial charge < -0.3 is 9.64 Å². The topological polar surface area (TPSA) is 82.1 Å². The molecule has 0 aromatic heterocycles. The van der Waals surface area contributed by atoms with Crippen molar-refractivity contribution in [3.63, 3.8) is 0 Å². The summed E-state index contributed by atoms with van der Waals surface area (Å²) in [5.41, 5.74) is 3.42. The second kappa shape index (κ2) is 8.81. The Morgan fingerprint density at radius 2 is 1.86 bits per heavy atom. The maximum absolute atomic E-state index is 14.6. The number of rotatable bonds is 4. The van der Waals surface area contributed by atoms with Gasteiger partial charge in [-0.2, -0.15) is 0 Å². The van der Waals surface area contributed by atoms with Gasteiger partial charge in [0, 0.05) is 29.9 Å². The Kier molecular flexibility index (Phi) is 6.23. The van der Waals surface area contributed by atoms with Crippen molar-refractivity contribution in [2.45, 2.75) is 13.5 Å². The van der Waals surface area contributed by atoms with E-state index in [-0.39, 0.29) is 23.7 Å². The fourth-order valence-electron chi connectivity index (χ4n) is 2.97. The van der Waals surface area contributed by atoms with Crippen molar-refractivity contribution in [1.82, 2.24) is 10.4 Å². The first-order valence-electron chi connectivity index (χ1n) is 8.93. The SMILES string of the molecule is Cc1ccc(N(Cc2ccc(C(=O)NO)cc2F)C(=O)N2CCOCC2)cc1. The van der Waals surface area contributed by atoms with Crippen LogP contribution in [0.25, 0.3) is 0 Å². The fourth-order valence-corrected chi connectivity index (χ4v) is 2.97. The van der Waals surface area contributed by atoms with Gasteiger partial charge >= 0.3 is 6.03 Å². The standard InChI is InChI=1S/C20H22FN3O4/c1-14-2-6-17(7-3-14)24(20(26)23-8-10-28-11-9-23)13-16-5-4-15(12-18(16)21)19(25)22-27/h2-7,12,27H,8-11,13H2,1H3,(H,22,25). The lowest BCUT2D eigenvalue weighted by Crippen LogP contribution is -2.48. The van der Waals surface area contributed by atoms with Crippen LogP contribution in [0.1, 0.15) is 21.5 Å². The molecular weight excluding hydrogens is 365 g/mol. The van der Waals surface area contributed by atoms with E-state index in [0.29, 0.717) is 32.0 Å². The van der Waals surface area contributed by atoms with E-state index < -0.39 is 11.7 Å². The number of nitrogens with one attached hydrogen (secondary N) is 1. The highest BCUT2D eigenvalue weighted by Gasteiger charge is 2.25. The van der Waals surface area contributed by atoms with Gasteiger partial charge in [-0.05, 0) is 31.2 Å². The number of hydrogen-bond donors (Lipinski definition) is 2. The third-order valence-electron chi connectivity index (χ3n) is 4.60. The molecule has 0 spiro atoms. The molecule has 0 saturated carbocycles. The summed E-state index contributed by atoms with van der Waals surface area (Å²) in [7, 11) is 0. The number of carbonyl (C=O) groups excluding carboxylic acids is 2. The van der Waals surface area contributed by atoms with Gasteiger partial charge in [-0.3, -0.25) is 14.9 Å². The number of halogens is 1. The van der Waals surface area contributed by atoms with Crippen molar-refractivity contribution in [3.05, 3.63) is 65.0 Å². The summed E-state index contributed by atoms with van der Waals surface area (Å²) in [6, 6.07) is 11.1. The van der Waals surface area contributed by atoms with E-state index in [9.17, 15) is 14.0 Å². The number of amides is 3. The zero-order chi connectivity index (χ0) is 20.1. The quantitative estimate of drug-likeness (QED) is 0.624. The number of aryl methyl sites for hydroxylation is 1. The molecule has 3 amide bonds. The lowest BCUT2D eigenvalue weighted by Gasteiger charge is -2.33. The first-order valence-corrected chi connectivity index (χ1v) is 8.93. The Morgan fingerprint density at radius 3 is 2.46 bits per heavy atom. The van der Waals surface area contributed by atoms with Gasteiger partial charge in [0.25, 0.3) is 5.91 Å². The number of nitrogens with zero attached hydrogens (tertiary/aromatic N) is 2. The van der Waals surface area contributed by atoms with Crippen molar-refractivity contribution in [2.75, 3.05) is 31.2 Å². The smallest absolute Gasteiger partial charge is 0.324 e. The van der Waals surface area contributed by atoms with E-state index in [0.717, 1.165) is 11.6 Å². The van der Waals surface area contributed by atoms with E-state index in [4.69, 9.17) is 9.94 Å². The molecule has 0 bridgehead atoms. The van der Waals surface area contributed by atoms with Gasteiger partial charge in [0.15, 0.2) is 0 Å². The van der Waals surface area contributed by atoms with E-state index in [1.54, 1.807) is 4.90 Å². The van der Waals surface area contributed by atoms with Gasteiger partial charge in [-0.15, -0.1) is 0 Å². The number of ether oxygens (including phenoxy) is 1. The molecule has 148 valence electrons. The average Bonchev–Trinajstić information content (AvgIpc) is 2.73. The van der Waals surface area contributed by atoms with Crippen molar-refractivity contribution in [3.8, 4) is 0 Å². The zero-order valence-electron chi connectivity index (χ0n) is 15.5. The Morgan fingerprint density at radius 1 is 1.18 bits per heavy atom. The molecule has 1 aliphatic heterocycles. The average molecular weight is 387 g/mol. The molecule has 2 aromatic rings. The molecular formula is C20H22FN3O4. The molecule has 2 N–H and O–H groups in total. The van der Waals surface area contributed by atoms with Crippen LogP contribution in [0, 0.1) is 12.7 Å². The van der Waals surface area contributed by atoms with Crippen molar-refractivity contribution in [2.24, 2.45) is 0 Å². The highest BCUT2D eigenvalue weighted by atomic mass is 19.1. The van der Waals surface area contributed by atoms with Crippen LogP contribution in [0.15, 0.2) is 42.5 Å². The van der Waals surface area contributed by atoms with E-state index in [1.165, 1.54) is 22.5 Å². The Hall–Kier alpha value is -2.97. The van der Waals surface area contributed by atoms with Gasteiger partial charge in [0.2, 0.25) is 0 Å². The van der Waals surface area contributed by atoms with Crippen molar-refractivity contribution >= 4 is 17.6 Å². The summed E-state index contributed by atoms with van der Waals surface area (Å²) in [6.45, 7) is 3.83. The number of morpholine rings is 1. The maximum Gasteiger partial charge on any atom is 0.324 e. The summed E-state index contributed by atoms with van der Waals surface area (Å²) < 4.78 is 19.9. The Bertz CT molecular complexity index is 851. The molecule has 2 aromatic carbocycles. The largest absolute Gasteiger partial charge is 0.378 e. The second-order valence-corrected chi connectivity index (χ2v) is 6.55. The minimum Gasteiger partial charge on any atom is -0.378 e. The van der Waals surface area contributed by atoms with Gasteiger partial charge in [0.05, 0.1) is 19.8 Å². The molecule has 1 saturated heterocycles. The number of urea groups is 1. The van der Waals surface area contributed by atoms with Crippen molar-refractivity contribution in [1.29, 1.82) is 0 Å². The Labute approximate surface area is 162 Å². The molecule has 8 heteroatoms. The van der Waals surface area contributed by atoms with Crippen LogP contribution in [-0.4, -0.2) is 48.3 Å². The van der Waals surface area contributed by atoms with E-state index in [2.05, 4.69) is 0 Å². The number of carbonyl (C=O) groups is 2. The molecule has 7 nitrogen and oxygen atoms in total. The maximum atomic E-state index is 14.6. The van der Waals surface area contributed by atoms with E-state index in [1.807, 2.05) is 31.2 Å². The highest BCUT2D eigenvalue weighted by molar-refractivity contribution is 5.94. The molecule has 3 rings (SSSR count). The third kappa shape index (κ3) is 4.47. The van der Waals surface area contributed by atoms with Crippen LogP contribution in [-0.2, 0) is 11.3 Å². The molecule has 0 atom stereocenters. The normalized spacial score (nSPS) is 13.9. The molecule has 0 unspecified atom stereocenters. The predicted octanol–water partition coefficient (Wildman–Crippen LogP) is 2.71.